The predicted octanol–water partition coefficient (Wildman–Crippen LogP) is 3.60. The second-order valence-electron chi connectivity index (χ2n) is 5.59. The Morgan fingerprint density at radius 2 is 1.82 bits per heavy atom. The summed E-state index contributed by atoms with van der Waals surface area (Å²) < 4.78 is 5.76. The average Bonchev–Trinajstić information content (AvgIpc) is 2.44. The van der Waals surface area contributed by atoms with Gasteiger partial charge in [-0.1, -0.05) is 17.7 Å². The van der Waals surface area contributed by atoms with Crippen LogP contribution in [0.25, 0.3) is 0 Å². The van der Waals surface area contributed by atoms with E-state index >= 15 is 0 Å². The number of amides is 1. The molecule has 0 saturated carbocycles. The molecule has 4 heteroatoms. The number of rotatable bonds is 4. The fraction of sp³-hybridized carbons (Fsp3) is 0.278. The van der Waals surface area contributed by atoms with E-state index in [1.54, 1.807) is 19.1 Å². The number of anilines is 2. The Kier molecular flexibility index (Phi) is 4.71. The molecule has 2 rings (SSSR count). The number of benzene rings is 2. The smallest absolute Gasteiger partial charge is 0.265 e. The van der Waals surface area contributed by atoms with Gasteiger partial charge >= 0.3 is 0 Å². The lowest BCUT2D eigenvalue weighted by Crippen LogP contribution is -2.30. The first-order valence-corrected chi connectivity index (χ1v) is 7.27. The number of hydrogen-bond acceptors (Lipinski definition) is 3. The van der Waals surface area contributed by atoms with Gasteiger partial charge in [0.15, 0.2) is 6.10 Å². The first-order valence-electron chi connectivity index (χ1n) is 7.27. The van der Waals surface area contributed by atoms with Gasteiger partial charge in [0.2, 0.25) is 0 Å². The molecule has 0 aliphatic heterocycles. The summed E-state index contributed by atoms with van der Waals surface area (Å²) in [6, 6.07) is 11.3. The molecule has 0 aliphatic carbocycles. The summed E-state index contributed by atoms with van der Waals surface area (Å²) in [5.74, 6) is 0.537. The van der Waals surface area contributed by atoms with Crippen molar-refractivity contribution in [2.45, 2.75) is 33.8 Å². The van der Waals surface area contributed by atoms with Gasteiger partial charge in [0.25, 0.3) is 5.91 Å². The number of nitrogens with one attached hydrogen (secondary N) is 1. The Labute approximate surface area is 131 Å². The maximum absolute atomic E-state index is 12.3. The van der Waals surface area contributed by atoms with Crippen LogP contribution in [0.1, 0.15) is 23.6 Å². The monoisotopic (exact) mass is 298 g/mol. The Hall–Kier alpha value is -2.49. The Bertz CT molecular complexity index is 695. The van der Waals surface area contributed by atoms with Crippen LogP contribution in [0.2, 0.25) is 0 Å². The van der Waals surface area contributed by atoms with E-state index in [-0.39, 0.29) is 5.91 Å². The predicted molar refractivity (Wildman–Crippen MR) is 90.2 cm³/mol. The standard InChI is InChI=1S/C18H22N2O2/c1-11-5-8-17(13(3)9-11)22-14(4)18(21)20-16-7-6-15(19)10-12(16)2/h5-10,14H,19H2,1-4H3,(H,20,21). The third-order valence-corrected chi connectivity index (χ3v) is 3.51. The molecule has 2 aromatic rings. The van der Waals surface area contributed by atoms with Gasteiger partial charge in [0.05, 0.1) is 0 Å². The van der Waals surface area contributed by atoms with Crippen molar-refractivity contribution in [2.24, 2.45) is 0 Å². The van der Waals surface area contributed by atoms with Gasteiger partial charge in [0, 0.05) is 11.4 Å². The van der Waals surface area contributed by atoms with Crippen LogP contribution in [0.3, 0.4) is 0 Å². The molecule has 3 N–H and O–H groups in total. The maximum atomic E-state index is 12.3. The number of nitrogen functional groups attached to an aromatic ring is 1. The van der Waals surface area contributed by atoms with Gasteiger partial charge in [-0.05, 0) is 63.1 Å². The Morgan fingerprint density at radius 3 is 2.45 bits per heavy atom. The molecule has 0 saturated heterocycles. The lowest BCUT2D eigenvalue weighted by molar-refractivity contribution is -0.122. The summed E-state index contributed by atoms with van der Waals surface area (Å²) in [5, 5.41) is 2.87. The number of aryl methyl sites for hydroxylation is 3. The van der Waals surface area contributed by atoms with Gasteiger partial charge in [-0.15, -0.1) is 0 Å². The van der Waals surface area contributed by atoms with Gasteiger partial charge in [0.1, 0.15) is 5.75 Å². The molecule has 0 heterocycles. The number of carbonyl (C=O) groups is 1. The van der Waals surface area contributed by atoms with E-state index < -0.39 is 6.10 Å². The van der Waals surface area contributed by atoms with Crippen molar-refractivity contribution in [3.05, 3.63) is 53.1 Å². The number of ether oxygens (including phenoxy) is 1. The molecular formula is C18H22N2O2. The minimum Gasteiger partial charge on any atom is -0.481 e. The molecule has 0 aliphatic rings. The lowest BCUT2D eigenvalue weighted by atomic mass is 10.1. The van der Waals surface area contributed by atoms with Crippen LogP contribution in [-0.4, -0.2) is 12.0 Å². The van der Waals surface area contributed by atoms with Crippen LogP contribution >= 0.6 is 0 Å². The molecule has 2 aromatic carbocycles. The van der Waals surface area contributed by atoms with Gasteiger partial charge in [-0.3, -0.25) is 4.79 Å². The number of carbonyl (C=O) groups excluding carboxylic acids is 1. The summed E-state index contributed by atoms with van der Waals surface area (Å²) in [6.07, 6.45) is -0.585. The van der Waals surface area contributed by atoms with Crippen LogP contribution in [0, 0.1) is 20.8 Å². The second-order valence-corrected chi connectivity index (χ2v) is 5.59. The molecule has 0 spiro atoms. The molecule has 1 amide bonds. The van der Waals surface area contributed by atoms with Crippen molar-refractivity contribution >= 4 is 17.3 Å². The highest BCUT2D eigenvalue weighted by Crippen LogP contribution is 2.21. The summed E-state index contributed by atoms with van der Waals surface area (Å²) in [4.78, 5) is 12.3. The average molecular weight is 298 g/mol. The molecule has 1 atom stereocenters. The molecule has 0 fully saturated rings. The van der Waals surface area contributed by atoms with Crippen molar-refractivity contribution in [1.82, 2.24) is 0 Å². The van der Waals surface area contributed by atoms with Gasteiger partial charge < -0.3 is 15.8 Å². The molecule has 0 aromatic heterocycles. The third kappa shape index (κ3) is 3.79. The zero-order valence-electron chi connectivity index (χ0n) is 13.4. The lowest BCUT2D eigenvalue weighted by Gasteiger charge is -2.17. The Balaban J connectivity index is 2.05. The minimum atomic E-state index is -0.585. The first kappa shape index (κ1) is 15.9. The SMILES string of the molecule is Cc1ccc(OC(C)C(=O)Nc2ccc(N)cc2C)c(C)c1. The van der Waals surface area contributed by atoms with E-state index in [0.29, 0.717) is 5.69 Å². The summed E-state index contributed by atoms with van der Waals surface area (Å²) in [6.45, 7) is 7.64. The quantitative estimate of drug-likeness (QED) is 0.848. The summed E-state index contributed by atoms with van der Waals surface area (Å²) in [5.41, 5.74) is 10.2. The fourth-order valence-corrected chi connectivity index (χ4v) is 2.24. The highest BCUT2D eigenvalue weighted by molar-refractivity contribution is 5.95. The highest BCUT2D eigenvalue weighted by Gasteiger charge is 2.16. The molecule has 116 valence electrons. The van der Waals surface area contributed by atoms with E-state index in [1.165, 1.54) is 5.56 Å². The fourth-order valence-electron chi connectivity index (χ4n) is 2.24. The van der Waals surface area contributed by atoms with E-state index in [9.17, 15) is 4.79 Å². The van der Waals surface area contributed by atoms with Crippen molar-refractivity contribution in [1.29, 1.82) is 0 Å². The van der Waals surface area contributed by atoms with Crippen LogP contribution in [0.5, 0.6) is 5.75 Å². The van der Waals surface area contributed by atoms with Crippen molar-refractivity contribution in [3.8, 4) is 5.75 Å². The molecular weight excluding hydrogens is 276 g/mol. The van der Waals surface area contributed by atoms with E-state index in [1.807, 2.05) is 45.0 Å². The summed E-state index contributed by atoms with van der Waals surface area (Å²) in [7, 11) is 0. The largest absolute Gasteiger partial charge is 0.481 e. The van der Waals surface area contributed by atoms with Gasteiger partial charge in [-0.2, -0.15) is 0 Å². The van der Waals surface area contributed by atoms with Crippen molar-refractivity contribution in [3.63, 3.8) is 0 Å². The van der Waals surface area contributed by atoms with Crippen LogP contribution in [-0.2, 0) is 4.79 Å². The first-order chi connectivity index (χ1) is 10.4. The zero-order valence-corrected chi connectivity index (χ0v) is 13.4. The number of hydrogen-bond donors (Lipinski definition) is 2. The zero-order chi connectivity index (χ0) is 16.3. The van der Waals surface area contributed by atoms with E-state index in [0.717, 1.165) is 22.6 Å². The van der Waals surface area contributed by atoms with E-state index in [4.69, 9.17) is 10.5 Å². The topological polar surface area (TPSA) is 64.3 Å². The third-order valence-electron chi connectivity index (χ3n) is 3.51. The van der Waals surface area contributed by atoms with Crippen LogP contribution in [0.4, 0.5) is 11.4 Å². The van der Waals surface area contributed by atoms with Gasteiger partial charge in [-0.25, -0.2) is 0 Å². The van der Waals surface area contributed by atoms with Crippen molar-refractivity contribution < 1.29 is 9.53 Å². The maximum Gasteiger partial charge on any atom is 0.265 e. The molecule has 4 nitrogen and oxygen atoms in total. The molecule has 1 unspecified atom stereocenters. The van der Waals surface area contributed by atoms with E-state index in [2.05, 4.69) is 5.32 Å². The van der Waals surface area contributed by atoms with Crippen LogP contribution < -0.4 is 15.8 Å². The minimum absolute atomic E-state index is 0.187. The second kappa shape index (κ2) is 6.52. The highest BCUT2D eigenvalue weighted by atomic mass is 16.5. The van der Waals surface area contributed by atoms with Crippen molar-refractivity contribution in [2.75, 3.05) is 11.1 Å². The molecule has 22 heavy (non-hydrogen) atoms. The molecule has 0 bridgehead atoms. The normalized spacial score (nSPS) is 11.8. The van der Waals surface area contributed by atoms with Crippen LogP contribution in [0.15, 0.2) is 36.4 Å². The summed E-state index contributed by atoms with van der Waals surface area (Å²) >= 11 is 0. The Morgan fingerprint density at radius 1 is 1.09 bits per heavy atom. The molecule has 0 radical (unpaired) electrons. The number of nitrogens with two attached hydrogens (primary N) is 1.